The second kappa shape index (κ2) is 11.4. The van der Waals surface area contributed by atoms with Gasteiger partial charge in [-0.25, -0.2) is 0 Å². The zero-order valence-corrected chi connectivity index (χ0v) is 19.7. The van der Waals surface area contributed by atoms with Gasteiger partial charge in [-0.05, 0) is 57.5 Å². The Bertz CT molecular complexity index is 827. The summed E-state index contributed by atoms with van der Waals surface area (Å²) in [5.41, 5.74) is 0.249. The zero-order valence-electron chi connectivity index (χ0n) is 19.7. The first kappa shape index (κ1) is 25.7. The van der Waals surface area contributed by atoms with Crippen LogP contribution >= 0.6 is 0 Å². The number of ketones is 1. The molecule has 0 aliphatic carbocycles. The van der Waals surface area contributed by atoms with Crippen molar-refractivity contribution in [2.45, 2.75) is 59.5 Å². The van der Waals surface area contributed by atoms with Crippen LogP contribution in [0.15, 0.2) is 18.2 Å². The highest BCUT2D eigenvalue weighted by molar-refractivity contribution is 5.80. The van der Waals surface area contributed by atoms with Gasteiger partial charge in [0.2, 0.25) is 6.29 Å². The Hall–Kier alpha value is -2.52. The fourth-order valence-electron chi connectivity index (χ4n) is 3.79. The number of nitrogens with zero attached hydrogens (tertiary/aromatic N) is 2. The minimum Gasteiger partial charge on any atom is -0.461 e. The molecule has 1 fully saturated rings. The number of benzene rings is 1. The van der Waals surface area contributed by atoms with Gasteiger partial charge in [0.15, 0.2) is 11.5 Å². The molecular formula is C23H34N2O7. The topological polar surface area (TPSA) is 108 Å². The monoisotopic (exact) mass is 450 g/mol. The van der Waals surface area contributed by atoms with E-state index in [1.807, 2.05) is 39.8 Å². The molecule has 178 valence electrons. The number of hydrogen-bond donors (Lipinski definition) is 0. The van der Waals surface area contributed by atoms with Gasteiger partial charge >= 0.3 is 11.7 Å². The van der Waals surface area contributed by atoms with E-state index in [9.17, 15) is 19.7 Å². The summed E-state index contributed by atoms with van der Waals surface area (Å²) in [4.78, 5) is 36.9. The van der Waals surface area contributed by atoms with Gasteiger partial charge in [-0.2, -0.15) is 0 Å². The molecule has 9 heteroatoms. The largest absolute Gasteiger partial charge is 0.461 e. The number of hydrogen-bond acceptors (Lipinski definition) is 8. The van der Waals surface area contributed by atoms with Gasteiger partial charge in [0.25, 0.3) is 0 Å². The molecule has 0 bridgehead atoms. The first-order valence-corrected chi connectivity index (χ1v) is 10.9. The summed E-state index contributed by atoms with van der Waals surface area (Å²) in [6, 6.07) is 4.44. The maximum absolute atomic E-state index is 12.0. The van der Waals surface area contributed by atoms with Gasteiger partial charge in [-0.1, -0.05) is 26.8 Å². The Kier molecular flexibility index (Phi) is 9.15. The van der Waals surface area contributed by atoms with E-state index in [4.69, 9.17) is 14.2 Å². The van der Waals surface area contributed by atoms with E-state index in [1.165, 1.54) is 19.1 Å². The number of carbonyl (C=O) groups is 2. The highest BCUT2D eigenvalue weighted by Gasteiger charge is 2.42. The Morgan fingerprint density at radius 1 is 1.16 bits per heavy atom. The van der Waals surface area contributed by atoms with Gasteiger partial charge in [-0.15, -0.1) is 0 Å². The van der Waals surface area contributed by atoms with Crippen molar-refractivity contribution in [1.82, 2.24) is 4.90 Å². The predicted molar refractivity (Wildman–Crippen MR) is 118 cm³/mol. The van der Waals surface area contributed by atoms with Crippen LogP contribution in [0.5, 0.6) is 5.75 Å². The van der Waals surface area contributed by atoms with Crippen molar-refractivity contribution in [2.24, 2.45) is 17.8 Å². The summed E-state index contributed by atoms with van der Waals surface area (Å²) in [7, 11) is 3.85. The average molecular weight is 451 g/mol. The molecule has 0 aromatic heterocycles. The summed E-state index contributed by atoms with van der Waals surface area (Å²) in [6.45, 7) is 8.12. The highest BCUT2D eigenvalue weighted by Crippen LogP contribution is 2.38. The lowest BCUT2D eigenvalue weighted by Crippen LogP contribution is -2.49. The Morgan fingerprint density at radius 3 is 2.44 bits per heavy atom. The van der Waals surface area contributed by atoms with Crippen LogP contribution in [-0.2, 0) is 25.7 Å². The van der Waals surface area contributed by atoms with Crippen molar-refractivity contribution in [3.8, 4) is 5.75 Å². The lowest BCUT2D eigenvalue weighted by atomic mass is 9.78. The number of nitro benzene ring substituents is 1. The molecule has 0 amide bonds. The van der Waals surface area contributed by atoms with Crippen LogP contribution < -0.4 is 4.74 Å². The minimum atomic E-state index is -0.783. The molecule has 3 unspecified atom stereocenters. The standard InChI is InChI=1S/C23H34N2O7/c1-14-15(2)22(17(4)26)32-23(16(14)3)31-20-10-9-18(12-19(20)25(28)29)13-30-21(27)8-7-11-24(5)6/h9-10,12,14-16,22-23H,7-8,11,13H2,1-6H3/t14-,15?,16-,22?,23?/m0/s1. The minimum absolute atomic E-state index is 0.0205. The molecule has 1 heterocycles. The van der Waals surface area contributed by atoms with E-state index in [-0.39, 0.29) is 54.0 Å². The zero-order chi connectivity index (χ0) is 24.0. The maximum Gasteiger partial charge on any atom is 0.311 e. The van der Waals surface area contributed by atoms with E-state index >= 15 is 0 Å². The third kappa shape index (κ3) is 6.74. The number of ether oxygens (including phenoxy) is 3. The number of Topliss-reactive ketones (excluding diaryl/α,β-unsaturated/α-hetero) is 1. The molecule has 0 saturated carbocycles. The molecule has 2 rings (SSSR count). The van der Waals surface area contributed by atoms with E-state index < -0.39 is 17.3 Å². The van der Waals surface area contributed by atoms with Crippen LogP contribution in [0.4, 0.5) is 5.69 Å². The SMILES string of the molecule is CC(=O)C1OC(Oc2ccc(COC(=O)CCCN(C)C)cc2[N+](=O)[O-])[C@@H](C)[C@@H](C)C1C. The van der Waals surface area contributed by atoms with Gasteiger partial charge in [0.05, 0.1) is 4.92 Å². The molecule has 0 radical (unpaired) electrons. The smallest absolute Gasteiger partial charge is 0.311 e. The van der Waals surface area contributed by atoms with Gasteiger partial charge in [0, 0.05) is 18.4 Å². The third-order valence-corrected chi connectivity index (χ3v) is 6.10. The second-order valence-electron chi connectivity index (χ2n) is 8.86. The fraction of sp³-hybridized carbons (Fsp3) is 0.652. The number of esters is 1. The Balaban J connectivity index is 2.08. The van der Waals surface area contributed by atoms with Crippen molar-refractivity contribution in [2.75, 3.05) is 20.6 Å². The maximum atomic E-state index is 12.0. The normalized spacial score (nSPS) is 25.4. The highest BCUT2D eigenvalue weighted by atomic mass is 16.7. The molecule has 1 aliphatic heterocycles. The molecular weight excluding hydrogens is 416 g/mol. The summed E-state index contributed by atoms with van der Waals surface area (Å²) in [6.07, 6.45) is -0.436. The Morgan fingerprint density at radius 2 is 1.84 bits per heavy atom. The van der Waals surface area contributed by atoms with E-state index in [1.54, 1.807) is 6.07 Å². The molecule has 0 N–H and O–H groups in total. The lowest BCUT2D eigenvalue weighted by molar-refractivity contribution is -0.386. The fourth-order valence-corrected chi connectivity index (χ4v) is 3.79. The van der Waals surface area contributed by atoms with Crippen LogP contribution in [0.25, 0.3) is 0 Å². The molecule has 1 aliphatic rings. The summed E-state index contributed by atoms with van der Waals surface area (Å²) < 4.78 is 17.0. The first-order valence-electron chi connectivity index (χ1n) is 10.9. The first-order chi connectivity index (χ1) is 15.0. The van der Waals surface area contributed by atoms with Crippen LogP contribution in [0.2, 0.25) is 0 Å². The Labute approximate surface area is 189 Å². The number of carbonyl (C=O) groups excluding carboxylic acids is 2. The summed E-state index contributed by atoms with van der Waals surface area (Å²) in [5.74, 6) is -0.306. The molecule has 0 spiro atoms. The lowest BCUT2D eigenvalue weighted by Gasteiger charge is -2.42. The quantitative estimate of drug-likeness (QED) is 0.302. The van der Waals surface area contributed by atoms with Crippen molar-refractivity contribution in [1.29, 1.82) is 0 Å². The summed E-state index contributed by atoms with van der Waals surface area (Å²) >= 11 is 0. The van der Waals surface area contributed by atoms with Crippen LogP contribution in [0.3, 0.4) is 0 Å². The predicted octanol–water partition coefficient (Wildman–Crippen LogP) is 3.58. The van der Waals surface area contributed by atoms with Gasteiger partial charge in [-0.3, -0.25) is 19.7 Å². The van der Waals surface area contributed by atoms with Crippen LogP contribution in [0, 0.1) is 27.9 Å². The molecule has 1 aromatic carbocycles. The molecule has 9 nitrogen and oxygen atoms in total. The molecule has 5 atom stereocenters. The van der Waals surface area contributed by atoms with Crippen molar-refractivity contribution in [3.63, 3.8) is 0 Å². The van der Waals surface area contributed by atoms with Crippen molar-refractivity contribution >= 4 is 17.4 Å². The molecule has 1 aromatic rings. The molecule has 1 saturated heterocycles. The van der Waals surface area contributed by atoms with Crippen LogP contribution in [-0.4, -0.2) is 54.6 Å². The van der Waals surface area contributed by atoms with Crippen LogP contribution in [0.1, 0.15) is 46.1 Å². The number of nitro groups is 1. The molecule has 32 heavy (non-hydrogen) atoms. The van der Waals surface area contributed by atoms with Gasteiger partial charge in [0.1, 0.15) is 12.7 Å². The van der Waals surface area contributed by atoms with E-state index in [2.05, 4.69) is 0 Å². The van der Waals surface area contributed by atoms with Crippen molar-refractivity contribution < 1.29 is 28.7 Å². The summed E-state index contributed by atoms with van der Waals surface area (Å²) in [5, 5.41) is 11.6. The van der Waals surface area contributed by atoms with Gasteiger partial charge < -0.3 is 19.1 Å². The van der Waals surface area contributed by atoms with Crippen molar-refractivity contribution in [3.05, 3.63) is 33.9 Å². The average Bonchev–Trinajstić information content (AvgIpc) is 2.72. The van der Waals surface area contributed by atoms with E-state index in [0.717, 1.165) is 6.54 Å². The van der Waals surface area contributed by atoms with E-state index in [0.29, 0.717) is 12.0 Å². The second-order valence-corrected chi connectivity index (χ2v) is 8.86. The third-order valence-electron chi connectivity index (χ3n) is 6.10. The number of rotatable bonds is 10.